The molecule has 1 N–H and O–H groups in total. The zero-order valence-electron chi connectivity index (χ0n) is 12.2. The van der Waals surface area contributed by atoms with E-state index < -0.39 is 0 Å². The number of carbonyl (C=O) groups is 1. The molecule has 0 bridgehead atoms. The summed E-state index contributed by atoms with van der Waals surface area (Å²) in [6.45, 7) is 6.92. The summed E-state index contributed by atoms with van der Waals surface area (Å²) in [5, 5.41) is 3.37. The van der Waals surface area contributed by atoms with Crippen LogP contribution in [0.15, 0.2) is 0 Å². The van der Waals surface area contributed by atoms with Crippen molar-refractivity contribution in [3.8, 4) is 0 Å². The van der Waals surface area contributed by atoms with Gasteiger partial charge in [0.15, 0.2) is 0 Å². The van der Waals surface area contributed by atoms with E-state index in [1.165, 1.54) is 0 Å². The van der Waals surface area contributed by atoms with Crippen LogP contribution in [0.4, 0.5) is 0 Å². The van der Waals surface area contributed by atoms with Crippen molar-refractivity contribution in [2.24, 2.45) is 5.92 Å². The van der Waals surface area contributed by atoms with Crippen molar-refractivity contribution < 1.29 is 9.53 Å². The Morgan fingerprint density at radius 3 is 2.74 bits per heavy atom. The van der Waals surface area contributed by atoms with Gasteiger partial charge < -0.3 is 15.0 Å². The lowest BCUT2D eigenvalue weighted by Gasteiger charge is -2.35. The minimum absolute atomic E-state index is 0.362. The van der Waals surface area contributed by atoms with Gasteiger partial charge in [-0.25, -0.2) is 0 Å². The van der Waals surface area contributed by atoms with Crippen LogP contribution in [0.25, 0.3) is 0 Å². The lowest BCUT2D eigenvalue weighted by molar-refractivity contribution is -0.134. The summed E-state index contributed by atoms with van der Waals surface area (Å²) in [6, 6.07) is 0.466. The molecule has 1 atom stereocenters. The molecule has 0 radical (unpaired) electrons. The Morgan fingerprint density at radius 2 is 2.11 bits per heavy atom. The Hall–Kier alpha value is -0.610. The summed E-state index contributed by atoms with van der Waals surface area (Å²) in [7, 11) is 0. The maximum Gasteiger partial charge on any atom is 0.222 e. The fourth-order valence-electron chi connectivity index (χ4n) is 3.15. The molecule has 2 saturated heterocycles. The van der Waals surface area contributed by atoms with Crippen molar-refractivity contribution in [2.45, 2.75) is 51.5 Å². The maximum atomic E-state index is 12.5. The van der Waals surface area contributed by atoms with Crippen LogP contribution in [0.3, 0.4) is 0 Å². The van der Waals surface area contributed by atoms with Gasteiger partial charge in [-0.2, -0.15) is 0 Å². The Kier molecular flexibility index (Phi) is 6.11. The SMILES string of the molecule is CCCN(C(=O)CCC1CCOC1)C1CCNCC1. The van der Waals surface area contributed by atoms with Gasteiger partial charge in [0.25, 0.3) is 0 Å². The van der Waals surface area contributed by atoms with Crippen molar-refractivity contribution in [3.63, 3.8) is 0 Å². The summed E-state index contributed by atoms with van der Waals surface area (Å²) in [4.78, 5) is 14.6. The molecule has 2 aliphatic heterocycles. The first-order chi connectivity index (χ1) is 9.31. The van der Waals surface area contributed by atoms with Crippen LogP contribution >= 0.6 is 0 Å². The maximum absolute atomic E-state index is 12.5. The number of piperidine rings is 1. The van der Waals surface area contributed by atoms with Gasteiger partial charge in [0.1, 0.15) is 0 Å². The van der Waals surface area contributed by atoms with Crippen LogP contribution in [0.1, 0.15) is 45.4 Å². The number of nitrogens with zero attached hydrogens (tertiary/aromatic N) is 1. The average molecular weight is 268 g/mol. The van der Waals surface area contributed by atoms with Gasteiger partial charge >= 0.3 is 0 Å². The molecule has 19 heavy (non-hydrogen) atoms. The summed E-state index contributed by atoms with van der Waals surface area (Å²) >= 11 is 0. The number of nitrogens with one attached hydrogen (secondary N) is 1. The van der Waals surface area contributed by atoms with Crippen LogP contribution in [0, 0.1) is 5.92 Å². The highest BCUT2D eigenvalue weighted by Crippen LogP contribution is 2.20. The number of amides is 1. The van der Waals surface area contributed by atoms with Gasteiger partial charge in [-0.1, -0.05) is 6.92 Å². The third kappa shape index (κ3) is 4.46. The van der Waals surface area contributed by atoms with Crippen LogP contribution in [-0.2, 0) is 9.53 Å². The van der Waals surface area contributed by atoms with E-state index in [1.807, 2.05) is 0 Å². The van der Waals surface area contributed by atoms with E-state index in [0.29, 0.717) is 24.3 Å². The van der Waals surface area contributed by atoms with Crippen LogP contribution < -0.4 is 5.32 Å². The van der Waals surface area contributed by atoms with Crippen LogP contribution in [0.2, 0.25) is 0 Å². The third-order valence-corrected chi connectivity index (χ3v) is 4.32. The van der Waals surface area contributed by atoms with E-state index in [4.69, 9.17) is 4.74 Å². The van der Waals surface area contributed by atoms with Gasteiger partial charge in [-0.05, 0) is 51.1 Å². The van der Waals surface area contributed by atoms with E-state index in [1.54, 1.807) is 0 Å². The minimum atomic E-state index is 0.362. The van der Waals surface area contributed by atoms with Gasteiger partial charge in [0.05, 0.1) is 0 Å². The Bertz CT molecular complexity index is 271. The van der Waals surface area contributed by atoms with Gasteiger partial charge in [0, 0.05) is 32.2 Å². The third-order valence-electron chi connectivity index (χ3n) is 4.32. The first-order valence-corrected chi connectivity index (χ1v) is 7.89. The summed E-state index contributed by atoms with van der Waals surface area (Å²) in [5.74, 6) is 0.973. The molecule has 0 saturated carbocycles. The molecular weight excluding hydrogens is 240 g/mol. The summed E-state index contributed by atoms with van der Waals surface area (Å²) in [5.41, 5.74) is 0. The molecule has 0 aromatic carbocycles. The number of hydrogen-bond acceptors (Lipinski definition) is 3. The smallest absolute Gasteiger partial charge is 0.222 e. The molecule has 0 aliphatic carbocycles. The Balaban J connectivity index is 1.80. The van der Waals surface area contributed by atoms with Crippen molar-refractivity contribution in [3.05, 3.63) is 0 Å². The Morgan fingerprint density at radius 1 is 1.32 bits per heavy atom. The second-order valence-corrected chi connectivity index (χ2v) is 5.84. The van der Waals surface area contributed by atoms with E-state index >= 15 is 0 Å². The van der Waals surface area contributed by atoms with E-state index in [-0.39, 0.29) is 0 Å². The summed E-state index contributed by atoms with van der Waals surface area (Å²) in [6.07, 6.45) is 6.12. The fraction of sp³-hybridized carbons (Fsp3) is 0.933. The molecular formula is C15H28N2O2. The lowest BCUT2D eigenvalue weighted by atomic mass is 10.00. The zero-order chi connectivity index (χ0) is 13.5. The largest absolute Gasteiger partial charge is 0.381 e. The van der Waals surface area contributed by atoms with E-state index in [9.17, 15) is 4.79 Å². The average Bonchev–Trinajstić information content (AvgIpc) is 2.96. The van der Waals surface area contributed by atoms with E-state index in [2.05, 4.69) is 17.1 Å². The van der Waals surface area contributed by atoms with Gasteiger partial charge in [-0.15, -0.1) is 0 Å². The number of ether oxygens (including phenoxy) is 1. The van der Waals surface area contributed by atoms with Crippen molar-refractivity contribution in [1.29, 1.82) is 0 Å². The number of hydrogen-bond donors (Lipinski definition) is 1. The second-order valence-electron chi connectivity index (χ2n) is 5.84. The Labute approximate surface area is 116 Å². The second kappa shape index (κ2) is 7.85. The molecule has 2 rings (SSSR count). The van der Waals surface area contributed by atoms with Crippen LogP contribution in [0.5, 0.6) is 0 Å². The highest BCUT2D eigenvalue weighted by Gasteiger charge is 2.25. The predicted octanol–water partition coefficient (Wildman–Crippen LogP) is 1.79. The lowest BCUT2D eigenvalue weighted by Crippen LogP contribution is -2.46. The molecule has 2 fully saturated rings. The number of carbonyl (C=O) groups excluding carboxylic acids is 1. The normalized spacial score (nSPS) is 24.6. The topological polar surface area (TPSA) is 41.6 Å². The highest BCUT2D eigenvalue weighted by atomic mass is 16.5. The monoisotopic (exact) mass is 268 g/mol. The molecule has 110 valence electrons. The highest BCUT2D eigenvalue weighted by molar-refractivity contribution is 5.76. The quantitative estimate of drug-likeness (QED) is 0.798. The summed E-state index contributed by atoms with van der Waals surface area (Å²) < 4.78 is 5.38. The first-order valence-electron chi connectivity index (χ1n) is 7.89. The molecule has 0 spiro atoms. The molecule has 0 aromatic rings. The van der Waals surface area contributed by atoms with Gasteiger partial charge in [0.2, 0.25) is 5.91 Å². The van der Waals surface area contributed by atoms with Crippen molar-refractivity contribution in [1.82, 2.24) is 10.2 Å². The first kappa shape index (κ1) is 14.8. The molecule has 1 amide bonds. The van der Waals surface area contributed by atoms with E-state index in [0.717, 1.165) is 65.0 Å². The van der Waals surface area contributed by atoms with Crippen molar-refractivity contribution >= 4 is 5.91 Å². The molecule has 4 nitrogen and oxygen atoms in total. The minimum Gasteiger partial charge on any atom is -0.381 e. The van der Waals surface area contributed by atoms with Gasteiger partial charge in [-0.3, -0.25) is 4.79 Å². The molecule has 2 aliphatic rings. The standard InChI is InChI=1S/C15H28N2O2/c1-2-10-17(14-5-8-16-9-6-14)15(18)4-3-13-7-11-19-12-13/h13-14,16H,2-12H2,1H3. The fourth-order valence-corrected chi connectivity index (χ4v) is 3.15. The predicted molar refractivity (Wildman–Crippen MR) is 76.1 cm³/mol. The van der Waals surface area contributed by atoms with Crippen molar-refractivity contribution in [2.75, 3.05) is 32.8 Å². The zero-order valence-corrected chi connectivity index (χ0v) is 12.2. The molecule has 4 heteroatoms. The molecule has 0 aromatic heterocycles. The molecule has 2 heterocycles. The number of rotatable bonds is 6. The van der Waals surface area contributed by atoms with Crippen LogP contribution in [-0.4, -0.2) is 49.7 Å². The molecule has 1 unspecified atom stereocenters.